The van der Waals surface area contributed by atoms with Gasteiger partial charge in [-0.25, -0.2) is 0 Å². The summed E-state index contributed by atoms with van der Waals surface area (Å²) in [6, 6.07) is 0. The van der Waals surface area contributed by atoms with Gasteiger partial charge in [0.15, 0.2) is 0 Å². The van der Waals surface area contributed by atoms with Crippen LogP contribution in [0.2, 0.25) is 0 Å². The molecular formula is C11H21NS. The maximum absolute atomic E-state index is 5.13. The van der Waals surface area contributed by atoms with Gasteiger partial charge in [-0.1, -0.05) is 19.8 Å². The Bertz CT molecular complexity index is 138. The van der Waals surface area contributed by atoms with E-state index in [9.17, 15) is 0 Å². The second-order valence-corrected chi connectivity index (χ2v) is 4.65. The van der Waals surface area contributed by atoms with Crippen LogP contribution in [0.1, 0.15) is 26.7 Å². The van der Waals surface area contributed by atoms with E-state index in [0.29, 0.717) is 0 Å². The maximum Gasteiger partial charge on any atom is 0.0545 e. The van der Waals surface area contributed by atoms with Gasteiger partial charge >= 0.3 is 0 Å². The number of rotatable bonds is 8. The highest BCUT2D eigenvalue weighted by Crippen LogP contribution is 2.01. The van der Waals surface area contributed by atoms with Gasteiger partial charge in [-0.05, 0) is 25.3 Å². The van der Waals surface area contributed by atoms with Crippen molar-refractivity contribution in [3.63, 3.8) is 0 Å². The van der Waals surface area contributed by atoms with Crippen molar-refractivity contribution in [2.75, 3.05) is 24.6 Å². The van der Waals surface area contributed by atoms with Crippen molar-refractivity contribution in [2.24, 2.45) is 5.92 Å². The Labute approximate surface area is 87.1 Å². The summed E-state index contributed by atoms with van der Waals surface area (Å²) in [4.78, 5) is 0. The van der Waals surface area contributed by atoms with Crippen LogP contribution < -0.4 is 5.32 Å². The number of terminal acetylenes is 1. The van der Waals surface area contributed by atoms with Gasteiger partial charge in [0.2, 0.25) is 0 Å². The monoisotopic (exact) mass is 199 g/mol. The molecule has 0 atom stereocenters. The molecule has 76 valence electrons. The van der Waals surface area contributed by atoms with E-state index in [1.54, 1.807) is 0 Å². The molecule has 13 heavy (non-hydrogen) atoms. The third-order valence-electron chi connectivity index (χ3n) is 1.74. The highest BCUT2D eigenvalue weighted by Gasteiger charge is 1.93. The molecule has 0 aromatic rings. The first-order valence-corrected chi connectivity index (χ1v) is 6.14. The topological polar surface area (TPSA) is 12.0 Å². The van der Waals surface area contributed by atoms with E-state index < -0.39 is 0 Å². The van der Waals surface area contributed by atoms with Crippen LogP contribution in [0.4, 0.5) is 0 Å². The molecule has 0 aliphatic heterocycles. The average molecular weight is 199 g/mol. The summed E-state index contributed by atoms with van der Waals surface area (Å²) in [6.45, 7) is 6.77. The molecule has 0 saturated carbocycles. The molecule has 0 aliphatic rings. The summed E-state index contributed by atoms with van der Waals surface area (Å²) in [7, 11) is 0. The lowest BCUT2D eigenvalue weighted by molar-refractivity contribution is 0.534. The van der Waals surface area contributed by atoms with E-state index in [1.807, 2.05) is 11.8 Å². The summed E-state index contributed by atoms with van der Waals surface area (Å²) < 4.78 is 0. The molecule has 0 rings (SSSR count). The summed E-state index contributed by atoms with van der Waals surface area (Å²) in [5.74, 6) is 5.42. The molecule has 0 unspecified atom stereocenters. The van der Waals surface area contributed by atoms with Crippen LogP contribution in [0, 0.1) is 18.3 Å². The predicted octanol–water partition coefficient (Wildman–Crippen LogP) is 2.38. The van der Waals surface area contributed by atoms with Crippen LogP contribution in [0.15, 0.2) is 0 Å². The van der Waals surface area contributed by atoms with Gasteiger partial charge in [0.25, 0.3) is 0 Å². The zero-order chi connectivity index (χ0) is 9.94. The Hall–Kier alpha value is -0.130. The molecule has 0 amide bonds. The molecule has 0 bridgehead atoms. The van der Waals surface area contributed by atoms with Crippen LogP contribution in [-0.2, 0) is 0 Å². The number of thioether (sulfide) groups is 1. The molecule has 0 spiro atoms. The molecule has 0 radical (unpaired) electrons. The predicted molar refractivity (Wildman–Crippen MR) is 63.1 cm³/mol. The maximum atomic E-state index is 5.13. The SMILES string of the molecule is C#CCSCCNCCCC(C)C. The Kier molecular flexibility index (Phi) is 9.85. The van der Waals surface area contributed by atoms with Crippen molar-refractivity contribution >= 4 is 11.8 Å². The zero-order valence-electron chi connectivity index (χ0n) is 8.81. The van der Waals surface area contributed by atoms with Gasteiger partial charge < -0.3 is 5.32 Å². The quantitative estimate of drug-likeness (QED) is 0.476. The Morgan fingerprint density at radius 1 is 1.38 bits per heavy atom. The van der Waals surface area contributed by atoms with E-state index in [1.165, 1.54) is 12.8 Å². The normalized spacial score (nSPS) is 10.3. The summed E-state index contributed by atoms with van der Waals surface area (Å²) in [6.07, 6.45) is 7.75. The van der Waals surface area contributed by atoms with E-state index in [2.05, 4.69) is 25.1 Å². The second-order valence-electron chi connectivity index (χ2n) is 3.54. The average Bonchev–Trinajstić information content (AvgIpc) is 2.09. The van der Waals surface area contributed by atoms with Gasteiger partial charge in [0.1, 0.15) is 0 Å². The first kappa shape index (κ1) is 12.9. The van der Waals surface area contributed by atoms with Crippen LogP contribution in [0.3, 0.4) is 0 Å². The third kappa shape index (κ3) is 11.9. The van der Waals surface area contributed by atoms with Crippen LogP contribution in [-0.4, -0.2) is 24.6 Å². The van der Waals surface area contributed by atoms with Gasteiger partial charge in [0.05, 0.1) is 5.75 Å². The number of hydrogen-bond acceptors (Lipinski definition) is 2. The smallest absolute Gasteiger partial charge is 0.0545 e. The van der Waals surface area contributed by atoms with Crippen molar-refractivity contribution in [1.82, 2.24) is 5.32 Å². The molecular weight excluding hydrogens is 178 g/mol. The fraction of sp³-hybridized carbons (Fsp3) is 0.818. The molecule has 0 aliphatic carbocycles. The van der Waals surface area contributed by atoms with Gasteiger partial charge in [-0.3, -0.25) is 0 Å². The van der Waals surface area contributed by atoms with Crippen LogP contribution >= 0.6 is 11.8 Å². The van der Waals surface area contributed by atoms with Crippen molar-refractivity contribution in [3.05, 3.63) is 0 Å². The van der Waals surface area contributed by atoms with Crippen LogP contribution in [0.25, 0.3) is 0 Å². The largest absolute Gasteiger partial charge is 0.316 e. The highest BCUT2D eigenvalue weighted by atomic mass is 32.2. The first-order valence-electron chi connectivity index (χ1n) is 4.99. The Morgan fingerprint density at radius 3 is 2.77 bits per heavy atom. The Morgan fingerprint density at radius 2 is 2.15 bits per heavy atom. The minimum absolute atomic E-state index is 0.831. The summed E-state index contributed by atoms with van der Waals surface area (Å²) in [5.41, 5.74) is 0. The van der Waals surface area contributed by atoms with Gasteiger partial charge in [0, 0.05) is 12.3 Å². The molecule has 0 fully saturated rings. The lowest BCUT2D eigenvalue weighted by atomic mass is 10.1. The lowest BCUT2D eigenvalue weighted by Gasteiger charge is -2.05. The van der Waals surface area contributed by atoms with Gasteiger partial charge in [-0.2, -0.15) is 0 Å². The molecule has 0 aromatic heterocycles. The molecule has 0 aromatic carbocycles. The Balaban J connectivity index is 2.88. The number of hydrogen-bond donors (Lipinski definition) is 1. The third-order valence-corrected chi connectivity index (χ3v) is 2.61. The van der Waals surface area contributed by atoms with Crippen molar-refractivity contribution < 1.29 is 0 Å². The molecule has 1 N–H and O–H groups in total. The zero-order valence-corrected chi connectivity index (χ0v) is 9.62. The highest BCUT2D eigenvalue weighted by molar-refractivity contribution is 7.99. The fourth-order valence-corrected chi connectivity index (χ4v) is 1.59. The van der Waals surface area contributed by atoms with Gasteiger partial charge in [-0.15, -0.1) is 18.2 Å². The van der Waals surface area contributed by atoms with Crippen LogP contribution in [0.5, 0.6) is 0 Å². The van der Waals surface area contributed by atoms with Crippen molar-refractivity contribution in [2.45, 2.75) is 26.7 Å². The van der Waals surface area contributed by atoms with Crippen molar-refractivity contribution in [3.8, 4) is 12.3 Å². The molecule has 2 heteroatoms. The minimum atomic E-state index is 0.831. The summed E-state index contributed by atoms with van der Waals surface area (Å²) in [5, 5.41) is 3.41. The van der Waals surface area contributed by atoms with E-state index in [0.717, 1.165) is 30.5 Å². The fourth-order valence-electron chi connectivity index (χ4n) is 1.04. The molecule has 0 saturated heterocycles. The minimum Gasteiger partial charge on any atom is -0.316 e. The lowest BCUT2D eigenvalue weighted by Crippen LogP contribution is -2.18. The van der Waals surface area contributed by atoms with E-state index in [4.69, 9.17) is 6.42 Å². The molecule has 1 nitrogen and oxygen atoms in total. The van der Waals surface area contributed by atoms with Crippen molar-refractivity contribution in [1.29, 1.82) is 0 Å². The number of nitrogens with one attached hydrogen (secondary N) is 1. The first-order chi connectivity index (χ1) is 6.27. The van der Waals surface area contributed by atoms with E-state index in [-0.39, 0.29) is 0 Å². The second kappa shape index (κ2) is 9.95. The standard InChI is InChI=1S/C11H21NS/c1-4-9-13-10-8-12-7-5-6-11(2)3/h1,11-12H,5-10H2,2-3H3. The summed E-state index contributed by atoms with van der Waals surface area (Å²) >= 11 is 1.82. The molecule has 0 heterocycles. The van der Waals surface area contributed by atoms with E-state index >= 15 is 0 Å².